The highest BCUT2D eigenvalue weighted by Crippen LogP contribution is 2.23. The number of para-hydroxylation sites is 2. The third kappa shape index (κ3) is 2.54. The van der Waals surface area contributed by atoms with E-state index in [9.17, 15) is 9.59 Å². The Balaban J connectivity index is 1.86. The van der Waals surface area contributed by atoms with E-state index in [-0.39, 0.29) is 24.2 Å². The summed E-state index contributed by atoms with van der Waals surface area (Å²) in [5, 5.41) is 0. The maximum Gasteiger partial charge on any atom is 0.326 e. The van der Waals surface area contributed by atoms with E-state index >= 15 is 0 Å². The molecule has 0 bridgehead atoms. The Morgan fingerprint density at radius 3 is 2.95 bits per heavy atom. The van der Waals surface area contributed by atoms with Gasteiger partial charge in [-0.3, -0.25) is 9.36 Å². The summed E-state index contributed by atoms with van der Waals surface area (Å²) in [5.74, 6) is 0.372. The van der Waals surface area contributed by atoms with Crippen molar-refractivity contribution in [2.45, 2.75) is 32.4 Å². The zero-order chi connectivity index (χ0) is 15.7. The van der Waals surface area contributed by atoms with Crippen molar-refractivity contribution in [3.8, 4) is 0 Å². The molecule has 2 heterocycles. The molecule has 3 N–H and O–H groups in total. The van der Waals surface area contributed by atoms with Gasteiger partial charge in [-0.15, -0.1) is 0 Å². The molecular formula is C16H22N4O2. The number of hydrogen-bond donors (Lipinski definition) is 2. The molecule has 1 saturated heterocycles. The van der Waals surface area contributed by atoms with Crippen LogP contribution in [0.2, 0.25) is 0 Å². The molecule has 22 heavy (non-hydrogen) atoms. The normalized spacial score (nSPS) is 22.2. The number of nitrogens with zero attached hydrogens (tertiary/aromatic N) is 2. The molecule has 0 radical (unpaired) electrons. The number of carbonyl (C=O) groups is 1. The van der Waals surface area contributed by atoms with Gasteiger partial charge in [-0.25, -0.2) is 4.79 Å². The molecule has 2 aromatic rings. The number of aromatic amines is 1. The summed E-state index contributed by atoms with van der Waals surface area (Å²) in [7, 11) is 0. The Kier molecular flexibility index (Phi) is 4.02. The first kappa shape index (κ1) is 14.8. The van der Waals surface area contributed by atoms with Gasteiger partial charge in [-0.2, -0.15) is 0 Å². The Bertz CT molecular complexity index is 733. The molecular weight excluding hydrogens is 280 g/mol. The van der Waals surface area contributed by atoms with Crippen LogP contribution in [0.5, 0.6) is 0 Å². The molecule has 3 rings (SSSR count). The van der Waals surface area contributed by atoms with Crippen LogP contribution in [0.25, 0.3) is 11.0 Å². The second-order valence-electron chi connectivity index (χ2n) is 6.04. The lowest BCUT2D eigenvalue weighted by Crippen LogP contribution is -2.52. The van der Waals surface area contributed by atoms with Gasteiger partial charge in [0, 0.05) is 19.1 Å². The number of carbonyl (C=O) groups excluding carboxylic acids is 1. The average Bonchev–Trinajstić information content (AvgIpc) is 2.83. The van der Waals surface area contributed by atoms with E-state index in [1.54, 1.807) is 0 Å². The van der Waals surface area contributed by atoms with Gasteiger partial charge in [-0.05, 0) is 30.9 Å². The number of nitrogens with two attached hydrogens (primary N) is 1. The van der Waals surface area contributed by atoms with E-state index in [0.29, 0.717) is 12.5 Å². The molecule has 1 aromatic carbocycles. The second-order valence-corrected chi connectivity index (χ2v) is 6.04. The quantitative estimate of drug-likeness (QED) is 0.884. The molecule has 118 valence electrons. The fraction of sp³-hybridized carbons (Fsp3) is 0.500. The van der Waals surface area contributed by atoms with E-state index in [4.69, 9.17) is 5.73 Å². The summed E-state index contributed by atoms with van der Waals surface area (Å²) in [5.41, 5.74) is 7.11. The molecule has 6 nitrogen and oxygen atoms in total. The highest BCUT2D eigenvalue weighted by Gasteiger charge is 2.31. The van der Waals surface area contributed by atoms with Gasteiger partial charge in [0.2, 0.25) is 5.91 Å². The topological polar surface area (TPSA) is 84.1 Å². The van der Waals surface area contributed by atoms with Gasteiger partial charge in [0.15, 0.2) is 0 Å². The number of fused-ring (bicyclic) bond motifs is 1. The average molecular weight is 302 g/mol. The first-order valence-corrected chi connectivity index (χ1v) is 7.79. The third-order valence-electron chi connectivity index (χ3n) is 4.65. The fourth-order valence-corrected chi connectivity index (χ4v) is 3.41. The van der Waals surface area contributed by atoms with Crippen LogP contribution in [0.4, 0.5) is 0 Å². The number of rotatable bonds is 3. The molecule has 1 aliphatic rings. The van der Waals surface area contributed by atoms with Crippen LogP contribution in [0.1, 0.15) is 19.8 Å². The fourth-order valence-electron chi connectivity index (χ4n) is 3.41. The van der Waals surface area contributed by atoms with Crippen LogP contribution in [0, 0.1) is 5.92 Å². The highest BCUT2D eigenvalue weighted by molar-refractivity contribution is 5.80. The van der Waals surface area contributed by atoms with Gasteiger partial charge >= 0.3 is 5.69 Å². The van der Waals surface area contributed by atoms with Crippen molar-refractivity contribution in [2.24, 2.45) is 11.7 Å². The number of H-pyrrole nitrogens is 1. The predicted molar refractivity (Wildman–Crippen MR) is 85.5 cm³/mol. The van der Waals surface area contributed by atoms with E-state index < -0.39 is 0 Å². The van der Waals surface area contributed by atoms with Crippen LogP contribution in [0.15, 0.2) is 29.1 Å². The molecule has 1 aliphatic heterocycles. The van der Waals surface area contributed by atoms with Crippen LogP contribution in [-0.4, -0.2) is 39.5 Å². The number of aromatic nitrogens is 2. The summed E-state index contributed by atoms with van der Waals surface area (Å²) in [4.78, 5) is 29.4. The van der Waals surface area contributed by atoms with E-state index in [0.717, 1.165) is 30.4 Å². The van der Waals surface area contributed by atoms with Crippen LogP contribution < -0.4 is 11.4 Å². The smallest absolute Gasteiger partial charge is 0.326 e. The highest BCUT2D eigenvalue weighted by atomic mass is 16.2. The summed E-state index contributed by atoms with van der Waals surface area (Å²) < 4.78 is 1.50. The summed E-state index contributed by atoms with van der Waals surface area (Å²) in [6.45, 7) is 3.39. The zero-order valence-corrected chi connectivity index (χ0v) is 12.8. The Morgan fingerprint density at radius 2 is 2.18 bits per heavy atom. The molecule has 6 heteroatoms. The van der Waals surface area contributed by atoms with Crippen molar-refractivity contribution < 1.29 is 4.79 Å². The van der Waals surface area contributed by atoms with Crippen LogP contribution in [0.3, 0.4) is 0 Å². The summed E-state index contributed by atoms with van der Waals surface area (Å²) in [6, 6.07) is 7.48. The number of likely N-dealkylation sites (tertiary alicyclic amines) is 1. The van der Waals surface area contributed by atoms with Crippen molar-refractivity contribution in [1.82, 2.24) is 14.5 Å². The minimum Gasteiger partial charge on any atom is -0.337 e. The number of amides is 1. The van der Waals surface area contributed by atoms with Crippen molar-refractivity contribution in [3.63, 3.8) is 0 Å². The molecule has 0 aliphatic carbocycles. The molecule has 0 unspecified atom stereocenters. The van der Waals surface area contributed by atoms with Crippen molar-refractivity contribution in [1.29, 1.82) is 0 Å². The lowest BCUT2D eigenvalue weighted by atomic mass is 9.91. The Labute approximate surface area is 128 Å². The van der Waals surface area contributed by atoms with E-state index in [1.165, 1.54) is 4.57 Å². The SMILES string of the molecule is C[C@@H]1CCCN(C(=O)Cn2c(=O)[nH]c3ccccc32)[C@H]1CN. The van der Waals surface area contributed by atoms with Gasteiger partial charge in [0.05, 0.1) is 11.0 Å². The monoisotopic (exact) mass is 302 g/mol. The maximum atomic E-state index is 12.7. The third-order valence-corrected chi connectivity index (χ3v) is 4.65. The first-order valence-electron chi connectivity index (χ1n) is 7.79. The van der Waals surface area contributed by atoms with Gasteiger partial charge in [-0.1, -0.05) is 19.1 Å². The molecule has 1 fully saturated rings. The van der Waals surface area contributed by atoms with E-state index in [2.05, 4.69) is 11.9 Å². The lowest BCUT2D eigenvalue weighted by Gasteiger charge is -2.39. The van der Waals surface area contributed by atoms with Crippen molar-refractivity contribution >= 4 is 16.9 Å². The number of hydrogen-bond acceptors (Lipinski definition) is 3. The van der Waals surface area contributed by atoms with Crippen molar-refractivity contribution in [3.05, 3.63) is 34.7 Å². The van der Waals surface area contributed by atoms with Crippen LogP contribution in [-0.2, 0) is 11.3 Å². The first-order chi connectivity index (χ1) is 10.6. The summed E-state index contributed by atoms with van der Waals surface area (Å²) >= 11 is 0. The lowest BCUT2D eigenvalue weighted by molar-refractivity contribution is -0.136. The zero-order valence-electron chi connectivity index (χ0n) is 12.8. The number of nitrogens with one attached hydrogen (secondary N) is 1. The van der Waals surface area contributed by atoms with Gasteiger partial charge in [0.25, 0.3) is 0 Å². The molecule has 0 spiro atoms. The van der Waals surface area contributed by atoms with Crippen molar-refractivity contribution in [2.75, 3.05) is 13.1 Å². The minimum absolute atomic E-state index is 0.0335. The predicted octanol–water partition coefficient (Wildman–Crippen LogP) is 0.915. The molecule has 0 saturated carbocycles. The minimum atomic E-state index is -0.246. The van der Waals surface area contributed by atoms with Gasteiger partial charge in [0.1, 0.15) is 6.54 Å². The standard InChI is InChI=1S/C16H22N4O2/c1-11-5-4-8-19(14(11)9-17)15(21)10-20-13-7-3-2-6-12(13)18-16(20)22/h2-3,6-7,11,14H,4-5,8-10,17H2,1H3,(H,18,22)/t11-,14+/m1/s1. The second kappa shape index (κ2) is 5.96. The maximum absolute atomic E-state index is 12.7. The van der Waals surface area contributed by atoms with Crippen LogP contribution >= 0.6 is 0 Å². The number of benzene rings is 1. The molecule has 1 aromatic heterocycles. The molecule has 1 amide bonds. The number of imidazole rings is 1. The van der Waals surface area contributed by atoms with Gasteiger partial charge < -0.3 is 15.6 Å². The van der Waals surface area contributed by atoms with E-state index in [1.807, 2.05) is 29.2 Å². The molecule has 2 atom stereocenters. The number of piperidine rings is 1. The Morgan fingerprint density at radius 1 is 1.41 bits per heavy atom. The Hall–Kier alpha value is -2.08. The summed E-state index contributed by atoms with van der Waals surface area (Å²) in [6.07, 6.45) is 2.09. The largest absolute Gasteiger partial charge is 0.337 e.